The van der Waals surface area contributed by atoms with E-state index in [1.807, 2.05) is 18.2 Å². The minimum Gasteiger partial charge on any atom is -0.376 e. The average Bonchev–Trinajstić information content (AvgIpc) is 2.96. The fourth-order valence-corrected chi connectivity index (χ4v) is 5.46. The molecule has 1 aromatic rings. The van der Waals surface area contributed by atoms with Crippen LogP contribution in [0.4, 0.5) is 5.69 Å². The van der Waals surface area contributed by atoms with Crippen LogP contribution < -0.4 is 5.06 Å². The highest BCUT2D eigenvalue weighted by Gasteiger charge is 2.64. The first-order valence-electron chi connectivity index (χ1n) is 8.87. The van der Waals surface area contributed by atoms with E-state index in [1.54, 1.807) is 7.11 Å². The first-order chi connectivity index (χ1) is 11.7. The van der Waals surface area contributed by atoms with E-state index in [1.165, 1.54) is 10.8 Å². The lowest BCUT2D eigenvalue weighted by atomic mass is 9.71. The van der Waals surface area contributed by atoms with E-state index in [4.69, 9.17) is 14.6 Å². The summed E-state index contributed by atoms with van der Waals surface area (Å²) in [5.41, 5.74) is 2.58. The molecule has 0 radical (unpaired) electrons. The summed E-state index contributed by atoms with van der Waals surface area (Å²) in [4.78, 5) is 23.9. The number of rotatable bonds is 2. The van der Waals surface area contributed by atoms with E-state index in [-0.39, 0.29) is 18.1 Å². The van der Waals surface area contributed by atoms with Crippen LogP contribution >= 0.6 is 0 Å². The van der Waals surface area contributed by atoms with Crippen molar-refractivity contribution in [3.8, 4) is 0 Å². The zero-order chi connectivity index (χ0) is 16.5. The lowest BCUT2D eigenvalue weighted by Crippen LogP contribution is -2.51. The van der Waals surface area contributed by atoms with Crippen molar-refractivity contribution in [1.29, 1.82) is 0 Å². The number of aliphatic imine (C=N–C) groups is 1. The lowest BCUT2D eigenvalue weighted by molar-refractivity contribution is -0.137. The van der Waals surface area contributed by atoms with Crippen LogP contribution in [0.25, 0.3) is 0 Å². The van der Waals surface area contributed by atoms with E-state index >= 15 is 0 Å². The van der Waals surface area contributed by atoms with Crippen molar-refractivity contribution in [3.05, 3.63) is 29.8 Å². The Balaban J connectivity index is 1.69. The Morgan fingerprint density at radius 3 is 3.04 bits per heavy atom. The Kier molecular flexibility index (Phi) is 2.98. The maximum Gasteiger partial charge on any atom is 0.264 e. The van der Waals surface area contributed by atoms with Gasteiger partial charge in [0, 0.05) is 17.5 Å². The molecule has 1 spiro atoms. The molecule has 4 heterocycles. The summed E-state index contributed by atoms with van der Waals surface area (Å²) in [5, 5.41) is 1.45. The quantitative estimate of drug-likeness (QED) is 0.839. The van der Waals surface area contributed by atoms with Gasteiger partial charge in [0.05, 0.1) is 31.5 Å². The Morgan fingerprint density at radius 2 is 2.25 bits per heavy atom. The minimum absolute atomic E-state index is 0.0117. The van der Waals surface area contributed by atoms with E-state index in [2.05, 4.69) is 13.0 Å². The van der Waals surface area contributed by atoms with Gasteiger partial charge in [0.25, 0.3) is 5.91 Å². The number of hydroxylamine groups is 1. The molecule has 0 N–H and O–H groups in total. The molecule has 2 saturated heterocycles. The van der Waals surface area contributed by atoms with Crippen molar-refractivity contribution < 1.29 is 14.4 Å². The SMILES string of the molecule is CCC1=NC2C[C@@]3(C(=O)N(OC)c4ccccc43)C3CC1C2CO3. The van der Waals surface area contributed by atoms with Crippen LogP contribution in [0.2, 0.25) is 0 Å². The Bertz CT molecular complexity index is 746. The van der Waals surface area contributed by atoms with E-state index < -0.39 is 5.41 Å². The molecule has 3 fully saturated rings. The van der Waals surface area contributed by atoms with Crippen LogP contribution in [0.1, 0.15) is 31.7 Å². The number of hydrogen-bond acceptors (Lipinski definition) is 4. The summed E-state index contributed by atoms with van der Waals surface area (Å²) in [5.74, 6) is 0.930. The van der Waals surface area contributed by atoms with Crippen LogP contribution in [0.5, 0.6) is 0 Å². The monoisotopic (exact) mass is 326 g/mol. The zero-order valence-electron chi connectivity index (χ0n) is 14.1. The predicted molar refractivity (Wildman–Crippen MR) is 90.1 cm³/mol. The van der Waals surface area contributed by atoms with E-state index in [9.17, 15) is 4.79 Å². The zero-order valence-corrected chi connectivity index (χ0v) is 14.1. The number of carbonyl (C=O) groups excluding carboxylic acids is 1. The molecule has 1 aromatic carbocycles. The summed E-state index contributed by atoms with van der Waals surface area (Å²) >= 11 is 0. The smallest absolute Gasteiger partial charge is 0.264 e. The number of carbonyl (C=O) groups is 1. The molecule has 5 aliphatic rings. The highest BCUT2D eigenvalue weighted by Crippen LogP contribution is 2.56. The highest BCUT2D eigenvalue weighted by atomic mass is 16.7. The van der Waals surface area contributed by atoms with Crippen molar-refractivity contribution >= 4 is 17.3 Å². The summed E-state index contributed by atoms with van der Waals surface area (Å²) in [6.45, 7) is 2.90. The molecule has 4 unspecified atom stereocenters. The summed E-state index contributed by atoms with van der Waals surface area (Å²) in [6.07, 6.45) is 2.55. The Morgan fingerprint density at radius 1 is 1.42 bits per heavy atom. The number of ether oxygens (including phenoxy) is 1. The number of amides is 1. The second-order valence-electron chi connectivity index (χ2n) is 7.34. The third-order valence-electron chi connectivity index (χ3n) is 6.52. The van der Waals surface area contributed by atoms with Gasteiger partial charge in [-0.2, -0.15) is 5.06 Å². The van der Waals surface area contributed by atoms with Gasteiger partial charge in [0.1, 0.15) is 5.41 Å². The van der Waals surface area contributed by atoms with Gasteiger partial charge >= 0.3 is 0 Å². The summed E-state index contributed by atoms with van der Waals surface area (Å²) < 4.78 is 6.26. The normalized spacial score (nSPS) is 39.3. The largest absolute Gasteiger partial charge is 0.376 e. The second-order valence-corrected chi connectivity index (χ2v) is 7.34. The maximum absolute atomic E-state index is 13.4. The van der Waals surface area contributed by atoms with E-state index in [0.717, 1.165) is 37.1 Å². The van der Waals surface area contributed by atoms with Gasteiger partial charge in [-0.1, -0.05) is 25.1 Å². The first-order valence-corrected chi connectivity index (χ1v) is 8.87. The van der Waals surface area contributed by atoms with Gasteiger partial charge in [0.2, 0.25) is 0 Å². The molecule has 5 nitrogen and oxygen atoms in total. The molecule has 5 atom stereocenters. The van der Waals surface area contributed by atoms with Gasteiger partial charge in [-0.15, -0.1) is 0 Å². The number of nitrogens with zero attached hydrogens (tertiary/aromatic N) is 2. The van der Waals surface area contributed by atoms with Gasteiger partial charge in [-0.05, 0) is 30.9 Å². The third kappa shape index (κ3) is 1.57. The van der Waals surface area contributed by atoms with Crippen molar-refractivity contribution in [3.63, 3.8) is 0 Å². The van der Waals surface area contributed by atoms with Gasteiger partial charge < -0.3 is 4.74 Å². The number of benzene rings is 1. The van der Waals surface area contributed by atoms with Gasteiger partial charge in [0.15, 0.2) is 0 Å². The summed E-state index contributed by atoms with van der Waals surface area (Å²) in [7, 11) is 1.56. The molecule has 0 aromatic heterocycles. The van der Waals surface area contributed by atoms with Crippen molar-refractivity contribution in [2.24, 2.45) is 16.8 Å². The number of para-hydroxylation sites is 1. The molecule has 1 saturated carbocycles. The van der Waals surface area contributed by atoms with Crippen LogP contribution in [-0.4, -0.2) is 37.5 Å². The topological polar surface area (TPSA) is 51.1 Å². The van der Waals surface area contributed by atoms with Gasteiger partial charge in [-0.25, -0.2) is 0 Å². The highest BCUT2D eigenvalue weighted by molar-refractivity contribution is 6.07. The number of hydrogen-bond donors (Lipinski definition) is 0. The van der Waals surface area contributed by atoms with Crippen molar-refractivity contribution in [2.45, 2.75) is 43.7 Å². The molecule has 6 rings (SSSR count). The molecule has 126 valence electrons. The first kappa shape index (κ1) is 14.6. The van der Waals surface area contributed by atoms with Crippen LogP contribution in [0.15, 0.2) is 29.3 Å². The van der Waals surface area contributed by atoms with Crippen molar-refractivity contribution in [1.82, 2.24) is 0 Å². The molecule has 5 heteroatoms. The van der Waals surface area contributed by atoms with Crippen LogP contribution in [0.3, 0.4) is 0 Å². The Labute approximate surface area is 141 Å². The van der Waals surface area contributed by atoms with E-state index in [0.29, 0.717) is 11.8 Å². The molecule has 4 aliphatic heterocycles. The third-order valence-corrected chi connectivity index (χ3v) is 6.52. The fraction of sp³-hybridized carbons (Fsp3) is 0.579. The lowest BCUT2D eigenvalue weighted by Gasteiger charge is -2.38. The average molecular weight is 326 g/mol. The Hall–Kier alpha value is -1.72. The number of fused-ring (bicyclic) bond motifs is 2. The second kappa shape index (κ2) is 4.90. The van der Waals surface area contributed by atoms with Crippen LogP contribution in [0, 0.1) is 11.8 Å². The fourth-order valence-electron chi connectivity index (χ4n) is 5.46. The number of anilines is 1. The predicted octanol–water partition coefficient (Wildman–Crippen LogP) is 2.49. The summed E-state index contributed by atoms with van der Waals surface area (Å²) in [6, 6.07) is 8.16. The molecular weight excluding hydrogens is 304 g/mol. The molecular formula is C19H22N2O3. The molecule has 1 amide bonds. The van der Waals surface area contributed by atoms with Crippen molar-refractivity contribution in [2.75, 3.05) is 18.8 Å². The van der Waals surface area contributed by atoms with Crippen LogP contribution in [-0.2, 0) is 19.8 Å². The molecule has 4 bridgehead atoms. The minimum atomic E-state index is -0.649. The standard InChI is InChI=1S/C19H22N2O3/c1-3-14-11-8-17-19(9-15(20-14)12(11)10-24-17)13-6-4-5-7-16(13)21(23-2)18(19)22/h4-7,11-12,15,17H,3,8-10H2,1-2H3/t11?,12?,15?,17?,19-/m0/s1. The molecule has 24 heavy (non-hydrogen) atoms. The molecule has 1 aliphatic carbocycles. The van der Waals surface area contributed by atoms with Gasteiger partial charge in [-0.3, -0.25) is 14.6 Å². The maximum atomic E-state index is 13.4.